The second-order valence-corrected chi connectivity index (χ2v) is 6.06. The zero-order chi connectivity index (χ0) is 13.0. The molecule has 1 heterocycles. The van der Waals surface area contributed by atoms with Crippen LogP contribution in [0, 0.1) is 6.92 Å². The summed E-state index contributed by atoms with van der Waals surface area (Å²) >= 11 is 1.82. The lowest BCUT2D eigenvalue weighted by molar-refractivity contribution is 0.614. The van der Waals surface area contributed by atoms with Gasteiger partial charge in [0.2, 0.25) is 0 Å². The molecule has 0 aliphatic rings. The SMILES string of the molecule is CCCCC(C)c1nc(C)sc1-c1ccccc1. The van der Waals surface area contributed by atoms with Gasteiger partial charge in [-0.15, -0.1) is 11.3 Å². The van der Waals surface area contributed by atoms with Gasteiger partial charge in [0.25, 0.3) is 0 Å². The molecule has 1 unspecified atom stereocenters. The summed E-state index contributed by atoms with van der Waals surface area (Å²) in [6.45, 7) is 6.65. The lowest BCUT2D eigenvalue weighted by Gasteiger charge is -2.10. The molecule has 0 aliphatic carbocycles. The van der Waals surface area contributed by atoms with E-state index >= 15 is 0 Å². The van der Waals surface area contributed by atoms with Crippen LogP contribution in [0.1, 0.15) is 49.7 Å². The molecule has 2 rings (SSSR count). The maximum absolute atomic E-state index is 4.76. The summed E-state index contributed by atoms with van der Waals surface area (Å²) in [7, 11) is 0. The van der Waals surface area contributed by atoms with E-state index in [1.165, 1.54) is 40.4 Å². The first-order chi connectivity index (χ1) is 8.72. The molecule has 0 saturated carbocycles. The number of aryl methyl sites for hydroxylation is 1. The first-order valence-electron chi connectivity index (χ1n) is 6.75. The van der Waals surface area contributed by atoms with E-state index in [-0.39, 0.29) is 0 Å². The van der Waals surface area contributed by atoms with E-state index in [9.17, 15) is 0 Å². The Kier molecular flexibility index (Phi) is 4.54. The minimum atomic E-state index is 0.560. The fraction of sp³-hybridized carbons (Fsp3) is 0.438. The standard InChI is InChI=1S/C16H21NS/c1-4-5-9-12(2)15-16(18-13(3)17-15)14-10-7-6-8-11-14/h6-8,10-12H,4-5,9H2,1-3H3. The number of nitrogens with zero attached hydrogens (tertiary/aromatic N) is 1. The molecule has 0 amide bonds. The molecule has 2 aromatic rings. The molecule has 0 saturated heterocycles. The third-order valence-corrected chi connectivity index (χ3v) is 4.29. The second kappa shape index (κ2) is 6.14. The molecule has 0 N–H and O–H groups in total. The number of aromatic nitrogens is 1. The summed E-state index contributed by atoms with van der Waals surface area (Å²) in [5.74, 6) is 0.560. The van der Waals surface area contributed by atoms with Gasteiger partial charge in [-0.1, -0.05) is 57.0 Å². The fourth-order valence-corrected chi connectivity index (χ4v) is 3.27. The Balaban J connectivity index is 2.31. The fourth-order valence-electron chi connectivity index (χ4n) is 2.22. The van der Waals surface area contributed by atoms with Gasteiger partial charge in [0.15, 0.2) is 0 Å². The van der Waals surface area contributed by atoms with Crippen molar-refractivity contribution >= 4 is 11.3 Å². The monoisotopic (exact) mass is 259 g/mol. The van der Waals surface area contributed by atoms with Gasteiger partial charge in [-0.25, -0.2) is 4.98 Å². The third-order valence-electron chi connectivity index (χ3n) is 3.25. The third kappa shape index (κ3) is 2.99. The number of hydrogen-bond donors (Lipinski definition) is 0. The highest BCUT2D eigenvalue weighted by Gasteiger charge is 2.16. The van der Waals surface area contributed by atoms with Gasteiger partial charge in [0.05, 0.1) is 15.6 Å². The Labute approximate surface area is 114 Å². The molecule has 0 fully saturated rings. The van der Waals surface area contributed by atoms with Gasteiger partial charge >= 0.3 is 0 Å². The molecule has 1 nitrogen and oxygen atoms in total. The van der Waals surface area contributed by atoms with Gasteiger partial charge in [0.1, 0.15) is 0 Å². The van der Waals surface area contributed by atoms with Crippen molar-refractivity contribution in [1.29, 1.82) is 0 Å². The van der Waals surface area contributed by atoms with Crippen molar-refractivity contribution in [1.82, 2.24) is 4.98 Å². The first kappa shape index (κ1) is 13.3. The average molecular weight is 259 g/mol. The van der Waals surface area contributed by atoms with E-state index in [0.29, 0.717) is 5.92 Å². The van der Waals surface area contributed by atoms with Crippen molar-refractivity contribution in [3.8, 4) is 10.4 Å². The van der Waals surface area contributed by atoms with Crippen LogP contribution in [0.4, 0.5) is 0 Å². The Morgan fingerprint density at radius 3 is 2.61 bits per heavy atom. The molecule has 1 aromatic heterocycles. The Morgan fingerprint density at radius 1 is 1.22 bits per heavy atom. The second-order valence-electron chi connectivity index (χ2n) is 4.86. The topological polar surface area (TPSA) is 12.9 Å². The van der Waals surface area contributed by atoms with Crippen LogP contribution in [0.15, 0.2) is 30.3 Å². The highest BCUT2D eigenvalue weighted by molar-refractivity contribution is 7.15. The quantitative estimate of drug-likeness (QED) is 0.699. The van der Waals surface area contributed by atoms with Crippen molar-refractivity contribution in [2.75, 3.05) is 0 Å². The van der Waals surface area contributed by atoms with Crippen LogP contribution >= 0.6 is 11.3 Å². The molecule has 1 aromatic carbocycles. The molecule has 0 aliphatic heterocycles. The molecular formula is C16H21NS. The van der Waals surface area contributed by atoms with Crippen molar-refractivity contribution in [2.24, 2.45) is 0 Å². The smallest absolute Gasteiger partial charge is 0.0904 e. The molecule has 1 atom stereocenters. The van der Waals surface area contributed by atoms with E-state index < -0.39 is 0 Å². The van der Waals surface area contributed by atoms with Crippen LogP contribution in [-0.2, 0) is 0 Å². The van der Waals surface area contributed by atoms with E-state index in [1.807, 2.05) is 11.3 Å². The number of hydrogen-bond acceptors (Lipinski definition) is 2. The van der Waals surface area contributed by atoms with Crippen molar-refractivity contribution in [3.63, 3.8) is 0 Å². The zero-order valence-corrected chi connectivity index (χ0v) is 12.3. The Hall–Kier alpha value is -1.15. The number of thiazole rings is 1. The Morgan fingerprint density at radius 2 is 1.94 bits per heavy atom. The van der Waals surface area contributed by atoms with E-state index in [1.54, 1.807) is 0 Å². The summed E-state index contributed by atoms with van der Waals surface area (Å²) < 4.78 is 0. The van der Waals surface area contributed by atoms with Gasteiger partial charge in [-0.3, -0.25) is 0 Å². The first-order valence-corrected chi connectivity index (χ1v) is 7.56. The van der Waals surface area contributed by atoms with Crippen molar-refractivity contribution in [3.05, 3.63) is 41.0 Å². The number of rotatable bonds is 5. The molecule has 96 valence electrons. The number of benzene rings is 1. The van der Waals surface area contributed by atoms with Crippen LogP contribution in [0.5, 0.6) is 0 Å². The summed E-state index contributed by atoms with van der Waals surface area (Å²) in [5, 5.41) is 1.17. The minimum Gasteiger partial charge on any atom is -0.246 e. The maximum Gasteiger partial charge on any atom is 0.0904 e. The Bertz CT molecular complexity index is 487. The normalized spacial score (nSPS) is 12.6. The van der Waals surface area contributed by atoms with E-state index in [4.69, 9.17) is 4.98 Å². The summed E-state index contributed by atoms with van der Waals surface area (Å²) in [4.78, 5) is 6.12. The van der Waals surface area contributed by atoms with Crippen LogP contribution in [0.2, 0.25) is 0 Å². The molecule has 18 heavy (non-hydrogen) atoms. The predicted molar refractivity (Wildman–Crippen MR) is 80.2 cm³/mol. The van der Waals surface area contributed by atoms with Crippen molar-refractivity contribution < 1.29 is 0 Å². The van der Waals surface area contributed by atoms with Crippen molar-refractivity contribution in [2.45, 2.75) is 46.0 Å². The van der Waals surface area contributed by atoms with Crippen LogP contribution in [-0.4, -0.2) is 4.98 Å². The summed E-state index contributed by atoms with van der Waals surface area (Å²) in [6.07, 6.45) is 3.78. The molecule has 0 spiro atoms. The molecule has 0 bridgehead atoms. The zero-order valence-electron chi connectivity index (χ0n) is 11.4. The largest absolute Gasteiger partial charge is 0.246 e. The van der Waals surface area contributed by atoms with Gasteiger partial charge < -0.3 is 0 Å². The highest BCUT2D eigenvalue weighted by Crippen LogP contribution is 2.35. The van der Waals surface area contributed by atoms with Crippen LogP contribution < -0.4 is 0 Å². The summed E-state index contributed by atoms with van der Waals surface area (Å²) in [5.41, 5.74) is 2.60. The lowest BCUT2D eigenvalue weighted by Crippen LogP contribution is -1.96. The van der Waals surface area contributed by atoms with Crippen LogP contribution in [0.25, 0.3) is 10.4 Å². The maximum atomic E-state index is 4.76. The minimum absolute atomic E-state index is 0.560. The van der Waals surface area contributed by atoms with Crippen LogP contribution in [0.3, 0.4) is 0 Å². The average Bonchev–Trinajstić information content (AvgIpc) is 2.79. The van der Waals surface area contributed by atoms with E-state index in [2.05, 4.69) is 51.1 Å². The molecule has 0 radical (unpaired) electrons. The highest BCUT2D eigenvalue weighted by atomic mass is 32.1. The molecule has 2 heteroatoms. The predicted octanol–water partition coefficient (Wildman–Crippen LogP) is 5.41. The summed E-state index contributed by atoms with van der Waals surface area (Å²) in [6, 6.07) is 10.6. The van der Waals surface area contributed by atoms with Gasteiger partial charge in [0, 0.05) is 0 Å². The lowest BCUT2D eigenvalue weighted by atomic mass is 9.98. The molecular weight excluding hydrogens is 238 g/mol. The van der Waals surface area contributed by atoms with E-state index in [0.717, 1.165) is 0 Å². The number of unbranched alkanes of at least 4 members (excludes halogenated alkanes) is 1. The van der Waals surface area contributed by atoms with Gasteiger partial charge in [-0.2, -0.15) is 0 Å². The van der Waals surface area contributed by atoms with Gasteiger partial charge in [-0.05, 0) is 24.8 Å².